The number of carbonyl (C=O) groups excluding carboxylic acids is 2. The predicted octanol–water partition coefficient (Wildman–Crippen LogP) is 4.09. The highest BCUT2D eigenvalue weighted by atomic mass is 32.1. The summed E-state index contributed by atoms with van der Waals surface area (Å²) >= 11 is 1.46. The van der Waals surface area contributed by atoms with Gasteiger partial charge in [-0.05, 0) is 37.0 Å². The average molecular weight is 369 g/mol. The Labute approximate surface area is 157 Å². The minimum Gasteiger partial charge on any atom is -0.312 e. The van der Waals surface area contributed by atoms with E-state index in [1.807, 2.05) is 36.3 Å². The molecule has 1 N–H and O–H groups in total. The third-order valence-corrected chi connectivity index (χ3v) is 6.00. The number of hydrogen-bond donors (Lipinski definition) is 1. The topological polar surface area (TPSA) is 62.3 Å². The van der Waals surface area contributed by atoms with E-state index < -0.39 is 0 Å². The summed E-state index contributed by atoms with van der Waals surface area (Å²) in [5, 5.41) is 5.57. The van der Waals surface area contributed by atoms with E-state index in [0.717, 1.165) is 49.2 Å². The molecule has 26 heavy (non-hydrogen) atoms. The van der Waals surface area contributed by atoms with Crippen LogP contribution in [0.2, 0.25) is 0 Å². The highest BCUT2D eigenvalue weighted by Gasteiger charge is 2.27. The SMILES string of the molecule is CC(C)C(=O)N1CCc2cc(-c3csc(NC(=O)C4CCC4)n3)ccc21. The van der Waals surface area contributed by atoms with Gasteiger partial charge in [0.25, 0.3) is 0 Å². The normalized spacial score (nSPS) is 16.5. The molecule has 2 amide bonds. The van der Waals surface area contributed by atoms with E-state index in [0.29, 0.717) is 5.13 Å². The van der Waals surface area contributed by atoms with E-state index >= 15 is 0 Å². The molecule has 2 aromatic rings. The zero-order valence-electron chi connectivity index (χ0n) is 15.1. The molecule has 2 aliphatic rings. The molecular formula is C20H23N3O2S. The van der Waals surface area contributed by atoms with E-state index in [4.69, 9.17) is 0 Å². The number of amides is 2. The number of anilines is 2. The molecule has 0 spiro atoms. The van der Waals surface area contributed by atoms with Gasteiger partial charge in [-0.1, -0.05) is 26.3 Å². The lowest BCUT2D eigenvalue weighted by atomic mass is 9.85. The number of thiazole rings is 1. The molecule has 0 atom stereocenters. The monoisotopic (exact) mass is 369 g/mol. The van der Waals surface area contributed by atoms with Crippen molar-refractivity contribution in [1.82, 2.24) is 4.98 Å². The van der Waals surface area contributed by atoms with Crippen molar-refractivity contribution in [1.29, 1.82) is 0 Å². The van der Waals surface area contributed by atoms with Crippen LogP contribution in [0.1, 0.15) is 38.7 Å². The van der Waals surface area contributed by atoms with Gasteiger partial charge in [0.1, 0.15) is 0 Å². The largest absolute Gasteiger partial charge is 0.312 e. The predicted molar refractivity (Wildman–Crippen MR) is 104 cm³/mol. The Morgan fingerprint density at radius 1 is 1.31 bits per heavy atom. The van der Waals surface area contributed by atoms with E-state index in [1.54, 1.807) is 0 Å². The Morgan fingerprint density at radius 3 is 2.81 bits per heavy atom. The summed E-state index contributed by atoms with van der Waals surface area (Å²) in [6, 6.07) is 6.15. The summed E-state index contributed by atoms with van der Waals surface area (Å²) in [5.41, 5.74) is 4.10. The number of benzene rings is 1. The maximum atomic E-state index is 12.3. The van der Waals surface area contributed by atoms with Crippen LogP contribution in [0, 0.1) is 11.8 Å². The number of carbonyl (C=O) groups is 2. The van der Waals surface area contributed by atoms with Crippen molar-refractivity contribution < 1.29 is 9.59 Å². The van der Waals surface area contributed by atoms with Gasteiger partial charge in [0.15, 0.2) is 5.13 Å². The fourth-order valence-corrected chi connectivity index (χ4v) is 4.17. The minimum absolute atomic E-state index is 0.000930. The average Bonchev–Trinajstić information content (AvgIpc) is 3.18. The molecule has 0 radical (unpaired) electrons. The molecule has 6 heteroatoms. The first kappa shape index (κ1) is 17.2. The second kappa shape index (κ2) is 6.83. The van der Waals surface area contributed by atoms with Crippen molar-refractivity contribution in [3.63, 3.8) is 0 Å². The van der Waals surface area contributed by atoms with Gasteiger partial charge < -0.3 is 10.2 Å². The molecule has 1 aromatic carbocycles. The van der Waals surface area contributed by atoms with Crippen LogP contribution in [0.3, 0.4) is 0 Å². The first-order chi connectivity index (χ1) is 12.5. The van der Waals surface area contributed by atoms with Gasteiger partial charge in [0.05, 0.1) is 5.69 Å². The highest BCUT2D eigenvalue weighted by molar-refractivity contribution is 7.14. The van der Waals surface area contributed by atoms with Gasteiger partial charge in [0.2, 0.25) is 11.8 Å². The summed E-state index contributed by atoms with van der Waals surface area (Å²) < 4.78 is 0. The molecule has 2 heterocycles. The minimum atomic E-state index is 0.000930. The van der Waals surface area contributed by atoms with Crippen molar-refractivity contribution in [2.75, 3.05) is 16.8 Å². The molecule has 1 fully saturated rings. The first-order valence-electron chi connectivity index (χ1n) is 9.24. The summed E-state index contributed by atoms with van der Waals surface area (Å²) in [6.07, 6.45) is 3.99. The quantitative estimate of drug-likeness (QED) is 0.883. The van der Waals surface area contributed by atoms with E-state index in [2.05, 4.69) is 16.4 Å². The van der Waals surface area contributed by atoms with Gasteiger partial charge in [-0.25, -0.2) is 4.98 Å². The van der Waals surface area contributed by atoms with Gasteiger partial charge in [-0.2, -0.15) is 0 Å². The van der Waals surface area contributed by atoms with E-state index in [1.165, 1.54) is 16.9 Å². The fraction of sp³-hybridized carbons (Fsp3) is 0.450. The molecule has 0 unspecified atom stereocenters. The third kappa shape index (κ3) is 3.14. The van der Waals surface area contributed by atoms with Crippen LogP contribution in [-0.2, 0) is 16.0 Å². The molecule has 0 bridgehead atoms. The lowest BCUT2D eigenvalue weighted by Crippen LogP contribution is -2.32. The number of fused-ring (bicyclic) bond motifs is 1. The first-order valence-corrected chi connectivity index (χ1v) is 10.1. The molecule has 1 aliphatic heterocycles. The Balaban J connectivity index is 1.51. The van der Waals surface area contributed by atoms with Crippen LogP contribution < -0.4 is 10.2 Å². The van der Waals surface area contributed by atoms with Crippen LogP contribution in [0.5, 0.6) is 0 Å². The van der Waals surface area contributed by atoms with E-state index in [-0.39, 0.29) is 23.7 Å². The number of nitrogens with zero attached hydrogens (tertiary/aromatic N) is 2. The van der Waals surface area contributed by atoms with Crippen molar-refractivity contribution in [3.8, 4) is 11.3 Å². The fourth-order valence-electron chi connectivity index (χ4n) is 3.44. The summed E-state index contributed by atoms with van der Waals surface area (Å²) in [7, 11) is 0. The van der Waals surface area contributed by atoms with Crippen molar-refractivity contribution >= 4 is 34.0 Å². The number of nitrogens with one attached hydrogen (secondary N) is 1. The second-order valence-corrected chi connectivity index (χ2v) is 8.25. The highest BCUT2D eigenvalue weighted by Crippen LogP contribution is 2.34. The smallest absolute Gasteiger partial charge is 0.229 e. The lowest BCUT2D eigenvalue weighted by molar-refractivity contribution is -0.122. The molecular weight excluding hydrogens is 346 g/mol. The van der Waals surface area contributed by atoms with Crippen LogP contribution in [-0.4, -0.2) is 23.3 Å². The molecule has 4 rings (SSSR count). The summed E-state index contributed by atoms with van der Waals surface area (Å²) in [4.78, 5) is 30.9. The zero-order chi connectivity index (χ0) is 18.3. The van der Waals surface area contributed by atoms with E-state index in [9.17, 15) is 9.59 Å². The van der Waals surface area contributed by atoms with Crippen molar-refractivity contribution in [3.05, 3.63) is 29.1 Å². The lowest BCUT2D eigenvalue weighted by Gasteiger charge is -2.23. The van der Waals surface area contributed by atoms with Gasteiger partial charge in [0, 0.05) is 35.0 Å². The molecule has 1 saturated carbocycles. The molecule has 1 aliphatic carbocycles. The molecule has 0 saturated heterocycles. The van der Waals surface area contributed by atoms with Crippen LogP contribution in [0.25, 0.3) is 11.3 Å². The second-order valence-electron chi connectivity index (χ2n) is 7.39. The Morgan fingerprint density at radius 2 is 2.12 bits per heavy atom. The Hall–Kier alpha value is -2.21. The van der Waals surface area contributed by atoms with Crippen molar-refractivity contribution in [2.45, 2.75) is 39.5 Å². The summed E-state index contributed by atoms with van der Waals surface area (Å²) in [5.74, 6) is 0.424. The van der Waals surface area contributed by atoms with Gasteiger partial charge >= 0.3 is 0 Å². The summed E-state index contributed by atoms with van der Waals surface area (Å²) in [6.45, 7) is 4.61. The van der Waals surface area contributed by atoms with Gasteiger partial charge in [-0.3, -0.25) is 9.59 Å². The van der Waals surface area contributed by atoms with Crippen molar-refractivity contribution in [2.24, 2.45) is 11.8 Å². The molecule has 1 aromatic heterocycles. The van der Waals surface area contributed by atoms with Crippen LogP contribution in [0.4, 0.5) is 10.8 Å². The number of aromatic nitrogens is 1. The number of rotatable bonds is 4. The maximum Gasteiger partial charge on any atom is 0.229 e. The number of hydrogen-bond acceptors (Lipinski definition) is 4. The molecule has 136 valence electrons. The van der Waals surface area contributed by atoms with Crippen LogP contribution in [0.15, 0.2) is 23.6 Å². The standard InChI is InChI=1S/C20H23N3O2S/c1-12(2)19(25)23-9-8-15-10-14(6-7-17(15)23)16-11-26-20(21-16)22-18(24)13-4-3-5-13/h6-7,10-13H,3-5,8-9H2,1-2H3,(H,21,22,24). The Kier molecular flexibility index (Phi) is 4.53. The molecule has 5 nitrogen and oxygen atoms in total. The zero-order valence-corrected chi connectivity index (χ0v) is 15.9. The maximum absolute atomic E-state index is 12.3. The van der Waals surface area contributed by atoms with Gasteiger partial charge in [-0.15, -0.1) is 11.3 Å². The van der Waals surface area contributed by atoms with Crippen LogP contribution >= 0.6 is 11.3 Å². The third-order valence-electron chi connectivity index (χ3n) is 5.24. The Bertz CT molecular complexity index is 854.